The Kier molecular flexibility index (Phi) is 3.08. The van der Waals surface area contributed by atoms with Crippen LogP contribution in [0, 0.1) is 6.92 Å². The Morgan fingerprint density at radius 3 is 2.90 bits per heavy atom. The van der Waals surface area contributed by atoms with E-state index in [0.717, 1.165) is 42.7 Å². The number of rotatable bonds is 4. The largest absolute Gasteiger partial charge is 0.481 e. The number of anilines is 1. The fourth-order valence-corrected chi connectivity index (χ4v) is 3.10. The number of hydrogen-bond donors (Lipinski definition) is 2. The fourth-order valence-electron chi connectivity index (χ4n) is 3.10. The molecule has 0 spiro atoms. The highest BCUT2D eigenvalue weighted by molar-refractivity contribution is 5.69. The van der Waals surface area contributed by atoms with Gasteiger partial charge in [0.15, 0.2) is 5.65 Å². The third-order valence-corrected chi connectivity index (χ3v) is 3.97. The Labute approximate surface area is 116 Å². The Bertz CT molecular complexity index is 644. The minimum atomic E-state index is -0.762. The van der Waals surface area contributed by atoms with Crippen molar-refractivity contribution in [1.29, 1.82) is 0 Å². The quantitative estimate of drug-likeness (QED) is 0.893. The van der Waals surface area contributed by atoms with Crippen LogP contribution in [0.3, 0.4) is 0 Å². The summed E-state index contributed by atoms with van der Waals surface area (Å²) in [4.78, 5) is 15.4. The van der Waals surface area contributed by atoms with Gasteiger partial charge in [0.05, 0.1) is 6.42 Å². The Morgan fingerprint density at radius 2 is 2.20 bits per heavy atom. The summed E-state index contributed by atoms with van der Waals surface area (Å²) in [6.07, 6.45) is 5.53. The van der Waals surface area contributed by atoms with Crippen LogP contribution in [0.25, 0.3) is 5.65 Å². The molecular weight excluding hydrogens is 256 g/mol. The first-order chi connectivity index (χ1) is 9.58. The van der Waals surface area contributed by atoms with E-state index < -0.39 is 5.97 Å². The van der Waals surface area contributed by atoms with E-state index in [1.165, 1.54) is 6.33 Å². The number of carbonyl (C=O) groups is 1. The number of aryl methyl sites for hydroxylation is 1. The molecule has 2 N–H and O–H groups in total. The minimum Gasteiger partial charge on any atom is -0.481 e. The molecule has 1 aliphatic carbocycles. The number of nitrogens with one attached hydrogen (secondary N) is 1. The van der Waals surface area contributed by atoms with E-state index in [0.29, 0.717) is 0 Å². The van der Waals surface area contributed by atoms with Crippen molar-refractivity contribution in [2.75, 3.05) is 5.32 Å². The van der Waals surface area contributed by atoms with Crippen LogP contribution in [-0.4, -0.2) is 31.2 Å². The lowest BCUT2D eigenvalue weighted by Gasteiger charge is -2.30. The molecule has 0 aliphatic heterocycles. The maximum absolute atomic E-state index is 11.2. The molecule has 106 valence electrons. The summed E-state index contributed by atoms with van der Waals surface area (Å²) >= 11 is 0. The van der Waals surface area contributed by atoms with Crippen LogP contribution in [0.5, 0.6) is 0 Å². The zero-order valence-electron chi connectivity index (χ0n) is 11.5. The van der Waals surface area contributed by atoms with Crippen LogP contribution >= 0.6 is 0 Å². The summed E-state index contributed by atoms with van der Waals surface area (Å²) in [7, 11) is 0. The van der Waals surface area contributed by atoms with Crippen LogP contribution < -0.4 is 5.32 Å². The number of aromatic nitrogens is 3. The van der Waals surface area contributed by atoms with Gasteiger partial charge < -0.3 is 10.4 Å². The van der Waals surface area contributed by atoms with E-state index in [4.69, 9.17) is 0 Å². The molecular formula is C14H18N4O2. The Balaban J connectivity index is 1.98. The molecule has 3 rings (SSSR count). The van der Waals surface area contributed by atoms with Gasteiger partial charge in [-0.25, -0.2) is 4.98 Å². The van der Waals surface area contributed by atoms with Gasteiger partial charge in [-0.15, -0.1) is 0 Å². The lowest BCUT2D eigenvalue weighted by molar-refractivity contribution is -0.138. The van der Waals surface area contributed by atoms with Crippen molar-refractivity contribution in [2.45, 2.75) is 44.6 Å². The van der Waals surface area contributed by atoms with Gasteiger partial charge in [-0.3, -0.25) is 4.79 Å². The average Bonchev–Trinajstić information content (AvgIpc) is 2.97. The van der Waals surface area contributed by atoms with Crippen LogP contribution in [0.4, 0.5) is 5.82 Å². The minimum absolute atomic E-state index is 0.136. The van der Waals surface area contributed by atoms with Crippen molar-refractivity contribution in [2.24, 2.45) is 0 Å². The second kappa shape index (κ2) is 4.77. The normalized spacial score (nSPS) is 17.4. The summed E-state index contributed by atoms with van der Waals surface area (Å²) in [5.74, 6) is 0.0579. The number of pyridine rings is 1. The molecule has 2 aromatic heterocycles. The first-order valence-corrected chi connectivity index (χ1v) is 6.88. The predicted octanol–water partition coefficient (Wildman–Crippen LogP) is 2.24. The summed E-state index contributed by atoms with van der Waals surface area (Å²) in [5, 5.41) is 16.8. The second-order valence-corrected chi connectivity index (χ2v) is 5.63. The zero-order valence-corrected chi connectivity index (χ0v) is 11.5. The highest BCUT2D eigenvalue weighted by atomic mass is 16.4. The topological polar surface area (TPSA) is 79.5 Å². The van der Waals surface area contributed by atoms with Crippen molar-refractivity contribution in [3.63, 3.8) is 0 Å². The van der Waals surface area contributed by atoms with E-state index in [9.17, 15) is 9.90 Å². The van der Waals surface area contributed by atoms with Crippen molar-refractivity contribution < 1.29 is 9.90 Å². The van der Waals surface area contributed by atoms with E-state index in [-0.39, 0.29) is 12.0 Å². The third-order valence-electron chi connectivity index (χ3n) is 3.97. The van der Waals surface area contributed by atoms with Gasteiger partial charge in [0.25, 0.3) is 0 Å². The van der Waals surface area contributed by atoms with Gasteiger partial charge in [0, 0.05) is 5.54 Å². The maximum atomic E-state index is 11.2. The molecule has 1 fully saturated rings. The van der Waals surface area contributed by atoms with Crippen LogP contribution in [0.1, 0.15) is 37.7 Å². The van der Waals surface area contributed by atoms with Crippen molar-refractivity contribution >= 4 is 17.4 Å². The molecule has 0 atom stereocenters. The molecule has 0 saturated heterocycles. The standard InChI is InChI=1S/C14H18N4O2/c1-10-6-11-15-9-16-18(11)12(7-10)17-14(8-13(19)20)4-2-3-5-14/h6-7,9,17H,2-5,8H2,1H3,(H,19,20). The molecule has 0 bridgehead atoms. The molecule has 0 aromatic carbocycles. The number of carboxylic acids is 1. The predicted molar refractivity (Wildman–Crippen MR) is 74.8 cm³/mol. The molecule has 0 radical (unpaired) electrons. The third kappa shape index (κ3) is 2.33. The van der Waals surface area contributed by atoms with Gasteiger partial charge in [-0.1, -0.05) is 12.8 Å². The SMILES string of the molecule is Cc1cc(NC2(CC(=O)O)CCCC2)n2ncnc2c1. The monoisotopic (exact) mass is 274 g/mol. The summed E-state index contributed by atoms with van der Waals surface area (Å²) in [5.41, 5.74) is 1.49. The lowest BCUT2D eigenvalue weighted by atomic mass is 9.93. The fraction of sp³-hybridized carbons (Fsp3) is 0.500. The molecule has 1 saturated carbocycles. The van der Waals surface area contributed by atoms with Gasteiger partial charge in [-0.2, -0.15) is 9.61 Å². The first kappa shape index (κ1) is 12.9. The molecule has 2 aromatic rings. The van der Waals surface area contributed by atoms with E-state index in [2.05, 4.69) is 15.4 Å². The van der Waals surface area contributed by atoms with Crippen LogP contribution in [-0.2, 0) is 4.79 Å². The van der Waals surface area contributed by atoms with Crippen molar-refractivity contribution in [3.8, 4) is 0 Å². The lowest BCUT2D eigenvalue weighted by Crippen LogP contribution is -2.38. The molecule has 0 unspecified atom stereocenters. The Morgan fingerprint density at radius 1 is 1.45 bits per heavy atom. The summed E-state index contributed by atoms with van der Waals surface area (Å²) in [6.45, 7) is 2.00. The molecule has 20 heavy (non-hydrogen) atoms. The number of nitrogens with zero attached hydrogens (tertiary/aromatic N) is 3. The molecule has 6 nitrogen and oxygen atoms in total. The number of hydrogen-bond acceptors (Lipinski definition) is 4. The smallest absolute Gasteiger partial charge is 0.305 e. The number of aliphatic carboxylic acids is 1. The summed E-state index contributed by atoms with van der Waals surface area (Å²) in [6, 6.07) is 3.94. The van der Waals surface area contributed by atoms with Crippen LogP contribution in [0.2, 0.25) is 0 Å². The number of fused-ring (bicyclic) bond motifs is 1. The van der Waals surface area contributed by atoms with Gasteiger partial charge in [-0.05, 0) is 37.5 Å². The molecule has 2 heterocycles. The van der Waals surface area contributed by atoms with Crippen LogP contribution in [0.15, 0.2) is 18.5 Å². The van der Waals surface area contributed by atoms with Gasteiger partial charge >= 0.3 is 5.97 Å². The molecule has 1 aliphatic rings. The summed E-state index contributed by atoms with van der Waals surface area (Å²) < 4.78 is 1.73. The highest BCUT2D eigenvalue weighted by Crippen LogP contribution is 2.36. The van der Waals surface area contributed by atoms with E-state index >= 15 is 0 Å². The van der Waals surface area contributed by atoms with Gasteiger partial charge in [0.2, 0.25) is 0 Å². The van der Waals surface area contributed by atoms with E-state index in [1.807, 2.05) is 19.1 Å². The van der Waals surface area contributed by atoms with Crippen molar-refractivity contribution in [3.05, 3.63) is 24.0 Å². The first-order valence-electron chi connectivity index (χ1n) is 6.88. The molecule has 0 amide bonds. The highest BCUT2D eigenvalue weighted by Gasteiger charge is 2.36. The van der Waals surface area contributed by atoms with Crippen molar-refractivity contribution in [1.82, 2.24) is 14.6 Å². The average molecular weight is 274 g/mol. The van der Waals surface area contributed by atoms with Gasteiger partial charge in [0.1, 0.15) is 12.1 Å². The second-order valence-electron chi connectivity index (χ2n) is 5.63. The maximum Gasteiger partial charge on any atom is 0.305 e. The zero-order chi connectivity index (χ0) is 14.2. The van der Waals surface area contributed by atoms with E-state index in [1.54, 1.807) is 4.52 Å². The molecule has 6 heteroatoms. The number of carboxylic acid groups (broad SMARTS) is 1. The Hall–Kier alpha value is -2.11.